The number of hydrogen-bond donors (Lipinski definition) is 1. The van der Waals surface area contributed by atoms with Crippen molar-refractivity contribution < 1.29 is 44.6 Å². The molecule has 4 heteroatoms. The summed E-state index contributed by atoms with van der Waals surface area (Å²) < 4.78 is 0. The van der Waals surface area contributed by atoms with E-state index in [2.05, 4.69) is 13.8 Å². The van der Waals surface area contributed by atoms with Crippen LogP contribution in [0.2, 0.25) is 0 Å². The number of carboxylic acid groups (broad SMARTS) is 1. The van der Waals surface area contributed by atoms with Gasteiger partial charge in [-0.1, -0.05) is 45.6 Å². The SMILES string of the molecule is CC(C)CCCCCCc1ccc(O)c(C(=O)[O-])c1.[Na+]. The van der Waals surface area contributed by atoms with Crippen LogP contribution in [-0.2, 0) is 6.42 Å². The number of aromatic hydroxyl groups is 1. The first-order chi connectivity index (χ1) is 9.00. The fourth-order valence-corrected chi connectivity index (χ4v) is 2.14. The zero-order valence-electron chi connectivity index (χ0n) is 12.8. The number of carboxylic acids is 1. The molecule has 1 aromatic carbocycles. The minimum Gasteiger partial charge on any atom is -0.545 e. The number of aromatic carboxylic acids is 1. The summed E-state index contributed by atoms with van der Waals surface area (Å²) in [6, 6.07) is 4.72. The Labute approximate surface area is 143 Å². The molecule has 0 heterocycles. The average molecular weight is 286 g/mol. The van der Waals surface area contributed by atoms with Crippen LogP contribution in [0.4, 0.5) is 0 Å². The monoisotopic (exact) mass is 286 g/mol. The number of carbonyl (C=O) groups excluding carboxylic acids is 1. The largest absolute Gasteiger partial charge is 1.00 e. The molecule has 106 valence electrons. The fourth-order valence-electron chi connectivity index (χ4n) is 2.14. The van der Waals surface area contributed by atoms with Gasteiger partial charge in [0, 0.05) is 5.56 Å². The molecule has 0 radical (unpaired) electrons. The second-order valence-electron chi connectivity index (χ2n) is 5.49. The molecule has 0 aliphatic rings. The van der Waals surface area contributed by atoms with E-state index in [-0.39, 0.29) is 40.9 Å². The van der Waals surface area contributed by atoms with Crippen LogP contribution >= 0.6 is 0 Å². The van der Waals surface area contributed by atoms with Crippen molar-refractivity contribution >= 4 is 5.97 Å². The number of unbranched alkanes of at least 4 members (excludes halogenated alkanes) is 3. The molecular weight excluding hydrogens is 263 g/mol. The van der Waals surface area contributed by atoms with Crippen molar-refractivity contribution in [3.05, 3.63) is 29.3 Å². The van der Waals surface area contributed by atoms with Crippen LogP contribution in [0.15, 0.2) is 18.2 Å². The van der Waals surface area contributed by atoms with Crippen molar-refractivity contribution in [2.45, 2.75) is 52.4 Å². The third-order valence-corrected chi connectivity index (χ3v) is 3.28. The smallest absolute Gasteiger partial charge is 0.545 e. The second-order valence-corrected chi connectivity index (χ2v) is 5.49. The van der Waals surface area contributed by atoms with Gasteiger partial charge in [-0.05, 0) is 36.5 Å². The number of benzene rings is 1. The number of phenols is 1. The van der Waals surface area contributed by atoms with Gasteiger partial charge < -0.3 is 15.0 Å². The van der Waals surface area contributed by atoms with Crippen LogP contribution in [0.3, 0.4) is 0 Å². The van der Waals surface area contributed by atoms with Crippen LogP contribution in [0, 0.1) is 5.92 Å². The van der Waals surface area contributed by atoms with Crippen molar-refractivity contribution in [2.24, 2.45) is 5.92 Å². The molecule has 0 spiro atoms. The van der Waals surface area contributed by atoms with Crippen LogP contribution in [-0.4, -0.2) is 11.1 Å². The van der Waals surface area contributed by atoms with E-state index in [1.54, 1.807) is 6.07 Å². The van der Waals surface area contributed by atoms with E-state index in [0.717, 1.165) is 30.7 Å². The Kier molecular flexibility index (Phi) is 9.99. The molecule has 0 aliphatic carbocycles. The van der Waals surface area contributed by atoms with Gasteiger partial charge >= 0.3 is 29.6 Å². The summed E-state index contributed by atoms with van der Waals surface area (Å²) in [4.78, 5) is 10.8. The molecule has 0 saturated carbocycles. The first-order valence-electron chi connectivity index (χ1n) is 7.04. The Morgan fingerprint density at radius 2 is 1.85 bits per heavy atom. The first kappa shape index (κ1) is 19.5. The summed E-state index contributed by atoms with van der Waals surface area (Å²) in [7, 11) is 0. The molecule has 20 heavy (non-hydrogen) atoms. The van der Waals surface area contributed by atoms with E-state index in [4.69, 9.17) is 0 Å². The number of hydrogen-bond acceptors (Lipinski definition) is 3. The van der Waals surface area contributed by atoms with Gasteiger partial charge in [-0.2, -0.15) is 0 Å². The standard InChI is InChI=1S/C16H24O3.Na/c1-12(2)7-5-3-4-6-8-13-9-10-15(17)14(11-13)16(18)19;/h9-12,17H,3-8H2,1-2H3,(H,18,19);/q;+1/p-1. The maximum Gasteiger partial charge on any atom is 1.00 e. The van der Waals surface area contributed by atoms with Crippen molar-refractivity contribution in [3.8, 4) is 5.75 Å². The number of aryl methyl sites for hydroxylation is 1. The first-order valence-corrected chi connectivity index (χ1v) is 7.04. The van der Waals surface area contributed by atoms with Gasteiger partial charge in [-0.3, -0.25) is 0 Å². The van der Waals surface area contributed by atoms with Gasteiger partial charge in [0.05, 0.1) is 5.97 Å². The predicted molar refractivity (Wildman–Crippen MR) is 74.1 cm³/mol. The normalized spacial score (nSPS) is 10.3. The summed E-state index contributed by atoms with van der Waals surface area (Å²) in [6.45, 7) is 4.47. The van der Waals surface area contributed by atoms with Crippen LogP contribution < -0.4 is 34.7 Å². The average Bonchev–Trinajstić information content (AvgIpc) is 2.34. The van der Waals surface area contributed by atoms with E-state index < -0.39 is 5.97 Å². The Morgan fingerprint density at radius 1 is 1.20 bits per heavy atom. The third kappa shape index (κ3) is 7.32. The summed E-state index contributed by atoms with van der Waals surface area (Å²) >= 11 is 0. The van der Waals surface area contributed by atoms with E-state index in [9.17, 15) is 15.0 Å². The molecule has 0 unspecified atom stereocenters. The Morgan fingerprint density at radius 3 is 2.45 bits per heavy atom. The Balaban J connectivity index is 0.00000361. The van der Waals surface area contributed by atoms with Crippen molar-refractivity contribution in [1.82, 2.24) is 0 Å². The molecule has 1 rings (SSSR count). The predicted octanol–water partition coefficient (Wildman–Crippen LogP) is -0.0913. The molecule has 1 N–H and O–H groups in total. The maximum absolute atomic E-state index is 10.8. The van der Waals surface area contributed by atoms with Crippen LogP contribution in [0.25, 0.3) is 0 Å². The molecule has 0 amide bonds. The van der Waals surface area contributed by atoms with Gasteiger partial charge in [-0.25, -0.2) is 0 Å². The number of rotatable bonds is 8. The topological polar surface area (TPSA) is 60.4 Å². The molecule has 0 saturated heterocycles. The van der Waals surface area contributed by atoms with Gasteiger partial charge in [0.1, 0.15) is 5.75 Å². The molecule has 0 aromatic heterocycles. The quantitative estimate of drug-likeness (QED) is 0.537. The fraction of sp³-hybridized carbons (Fsp3) is 0.562. The van der Waals surface area contributed by atoms with E-state index >= 15 is 0 Å². The summed E-state index contributed by atoms with van der Waals surface area (Å²) in [6.07, 6.45) is 6.82. The van der Waals surface area contributed by atoms with Gasteiger partial charge in [0.25, 0.3) is 0 Å². The van der Waals surface area contributed by atoms with Gasteiger partial charge in [0.15, 0.2) is 0 Å². The molecule has 1 aromatic rings. The zero-order chi connectivity index (χ0) is 14.3. The minimum absolute atomic E-state index is 0. The van der Waals surface area contributed by atoms with E-state index in [1.807, 2.05) is 0 Å². The zero-order valence-corrected chi connectivity index (χ0v) is 14.8. The minimum atomic E-state index is -1.32. The number of carbonyl (C=O) groups is 1. The van der Waals surface area contributed by atoms with E-state index in [1.165, 1.54) is 31.4 Å². The molecular formula is C16H23NaO3. The third-order valence-electron chi connectivity index (χ3n) is 3.28. The van der Waals surface area contributed by atoms with Crippen LogP contribution in [0.5, 0.6) is 5.75 Å². The van der Waals surface area contributed by atoms with Crippen molar-refractivity contribution in [2.75, 3.05) is 0 Å². The van der Waals surface area contributed by atoms with E-state index in [0.29, 0.717) is 0 Å². The van der Waals surface area contributed by atoms with Crippen molar-refractivity contribution in [3.63, 3.8) is 0 Å². The maximum atomic E-state index is 10.8. The van der Waals surface area contributed by atoms with Gasteiger partial charge in [0.2, 0.25) is 0 Å². The van der Waals surface area contributed by atoms with Gasteiger partial charge in [-0.15, -0.1) is 0 Å². The molecule has 0 bridgehead atoms. The Bertz CT molecular complexity index is 416. The Hall–Kier alpha value is -0.510. The molecule has 0 fully saturated rings. The summed E-state index contributed by atoms with van der Waals surface area (Å²) in [5.74, 6) is -0.778. The summed E-state index contributed by atoms with van der Waals surface area (Å²) in [5, 5.41) is 20.2. The van der Waals surface area contributed by atoms with Crippen LogP contribution in [0.1, 0.15) is 61.9 Å². The molecule has 0 aliphatic heterocycles. The molecule has 3 nitrogen and oxygen atoms in total. The second kappa shape index (κ2) is 10.3. The summed E-state index contributed by atoms with van der Waals surface area (Å²) in [5.41, 5.74) is 0.832. The molecule has 0 atom stereocenters. The van der Waals surface area contributed by atoms with Crippen molar-refractivity contribution in [1.29, 1.82) is 0 Å².